The number of rotatable bonds is 0. The summed E-state index contributed by atoms with van der Waals surface area (Å²) >= 11 is 0. The number of hydrogen-bond donors (Lipinski definition) is 2. The third-order valence-electron chi connectivity index (χ3n) is 4.41. The molecule has 1 heterocycles. The van der Waals surface area contributed by atoms with Crippen LogP contribution in [0.5, 0.6) is 0 Å². The normalized spacial score (nSPS) is 22.8. The first-order valence-electron chi connectivity index (χ1n) is 6.24. The Morgan fingerprint density at radius 3 is 2.58 bits per heavy atom. The maximum Gasteiger partial charge on any atom is 0.0991 e. The zero-order chi connectivity index (χ0) is 11.9. The maximum absolute atomic E-state index is 8.95. The van der Waals surface area contributed by atoms with Crippen LogP contribution in [0.1, 0.15) is 35.6 Å². The number of fused-ring (bicyclic) bond motifs is 1. The number of nitrogens with zero attached hydrogens (tertiary/aromatic N) is 1. The monoisotopic (exact) mass is 299 g/mol. The van der Waals surface area contributed by atoms with Crippen molar-refractivity contribution < 1.29 is 0 Å². The Morgan fingerprint density at radius 2 is 1.95 bits per heavy atom. The second-order valence-electron chi connectivity index (χ2n) is 5.29. The predicted octanol–water partition coefficient (Wildman–Crippen LogP) is 2.33. The van der Waals surface area contributed by atoms with E-state index in [1.54, 1.807) is 0 Å². The number of piperidine rings is 1. The first-order valence-corrected chi connectivity index (χ1v) is 6.24. The summed E-state index contributed by atoms with van der Waals surface area (Å²) in [5.74, 6) is 0. The fourth-order valence-electron chi connectivity index (χ4n) is 3.36. The van der Waals surface area contributed by atoms with Gasteiger partial charge in [0.25, 0.3) is 0 Å². The first kappa shape index (κ1) is 16.3. The quantitative estimate of drug-likeness (QED) is 0.773. The molecule has 1 aromatic rings. The topological polar surface area (TPSA) is 61.8 Å². The lowest BCUT2D eigenvalue weighted by atomic mass is 9.73. The number of hydrogen-bond acceptors (Lipinski definition) is 3. The second kappa shape index (κ2) is 6.11. The molecule has 19 heavy (non-hydrogen) atoms. The number of halogens is 2. The maximum atomic E-state index is 8.95. The summed E-state index contributed by atoms with van der Waals surface area (Å²) in [5, 5.41) is 12.3. The Balaban J connectivity index is 0.000000902. The van der Waals surface area contributed by atoms with Gasteiger partial charge in [0.15, 0.2) is 0 Å². The van der Waals surface area contributed by atoms with Crippen molar-refractivity contribution in [1.29, 1.82) is 5.26 Å². The van der Waals surface area contributed by atoms with Gasteiger partial charge < -0.3 is 11.1 Å². The predicted molar refractivity (Wildman–Crippen MR) is 80.8 cm³/mol. The van der Waals surface area contributed by atoms with E-state index >= 15 is 0 Å². The van der Waals surface area contributed by atoms with Gasteiger partial charge in [-0.05, 0) is 61.0 Å². The van der Waals surface area contributed by atoms with Crippen molar-refractivity contribution in [2.24, 2.45) is 11.1 Å². The first-order chi connectivity index (χ1) is 8.25. The van der Waals surface area contributed by atoms with E-state index in [0.29, 0.717) is 0 Å². The molecule has 104 valence electrons. The molecule has 3 rings (SSSR count). The average molecular weight is 300 g/mol. The van der Waals surface area contributed by atoms with Crippen molar-refractivity contribution in [1.82, 2.24) is 5.32 Å². The van der Waals surface area contributed by atoms with Crippen molar-refractivity contribution >= 4 is 24.8 Å². The minimum absolute atomic E-state index is 0. The number of nitriles is 1. The van der Waals surface area contributed by atoms with E-state index in [4.69, 9.17) is 11.0 Å². The van der Waals surface area contributed by atoms with Gasteiger partial charge in [-0.15, -0.1) is 24.8 Å². The number of nitrogens with one attached hydrogen (secondary N) is 1. The molecule has 1 atom stereocenters. The van der Waals surface area contributed by atoms with Crippen LogP contribution in [-0.4, -0.2) is 13.1 Å². The third-order valence-corrected chi connectivity index (χ3v) is 4.41. The molecule has 0 aromatic heterocycles. The Hall–Kier alpha value is -0.790. The summed E-state index contributed by atoms with van der Waals surface area (Å²) in [4.78, 5) is 0. The highest BCUT2D eigenvalue weighted by Crippen LogP contribution is 2.49. The van der Waals surface area contributed by atoms with E-state index in [-0.39, 0.29) is 36.3 Å². The van der Waals surface area contributed by atoms with Crippen molar-refractivity contribution in [2.75, 3.05) is 13.1 Å². The fraction of sp³-hybridized carbons (Fsp3) is 0.500. The molecule has 1 fully saturated rings. The van der Waals surface area contributed by atoms with Crippen LogP contribution in [0.25, 0.3) is 0 Å². The zero-order valence-corrected chi connectivity index (χ0v) is 12.3. The van der Waals surface area contributed by atoms with Crippen LogP contribution in [0.4, 0.5) is 0 Å². The molecule has 0 amide bonds. The highest BCUT2D eigenvalue weighted by atomic mass is 35.5. The Bertz CT molecular complexity index is 490. The fourth-order valence-corrected chi connectivity index (χ4v) is 3.36. The lowest BCUT2D eigenvalue weighted by Crippen LogP contribution is -2.41. The van der Waals surface area contributed by atoms with E-state index in [2.05, 4.69) is 17.5 Å². The average Bonchev–Trinajstić information content (AvgIpc) is 2.63. The number of nitrogens with two attached hydrogens (primary N) is 1. The summed E-state index contributed by atoms with van der Waals surface area (Å²) in [6.45, 7) is 2.12. The van der Waals surface area contributed by atoms with Crippen LogP contribution < -0.4 is 11.1 Å². The molecule has 1 aliphatic heterocycles. The summed E-state index contributed by atoms with van der Waals surface area (Å²) < 4.78 is 0. The van der Waals surface area contributed by atoms with E-state index < -0.39 is 0 Å². The lowest BCUT2D eigenvalue weighted by Gasteiger charge is -2.37. The van der Waals surface area contributed by atoms with E-state index in [0.717, 1.165) is 37.9 Å². The molecule has 2 aliphatic rings. The molecular formula is C14H19Cl2N3. The molecule has 0 bridgehead atoms. The van der Waals surface area contributed by atoms with Gasteiger partial charge in [-0.1, -0.05) is 6.07 Å². The highest BCUT2D eigenvalue weighted by molar-refractivity contribution is 5.85. The van der Waals surface area contributed by atoms with Gasteiger partial charge in [0, 0.05) is 6.04 Å². The van der Waals surface area contributed by atoms with Gasteiger partial charge in [-0.2, -0.15) is 5.26 Å². The van der Waals surface area contributed by atoms with Gasteiger partial charge in [-0.25, -0.2) is 0 Å². The van der Waals surface area contributed by atoms with Gasteiger partial charge in [0.05, 0.1) is 11.6 Å². The van der Waals surface area contributed by atoms with Crippen LogP contribution >= 0.6 is 24.8 Å². The van der Waals surface area contributed by atoms with E-state index in [9.17, 15) is 0 Å². The second-order valence-corrected chi connectivity index (χ2v) is 5.29. The molecule has 1 unspecified atom stereocenters. The van der Waals surface area contributed by atoms with E-state index in [1.165, 1.54) is 11.1 Å². The van der Waals surface area contributed by atoms with Crippen molar-refractivity contribution in [3.8, 4) is 6.07 Å². The highest BCUT2D eigenvalue weighted by Gasteiger charge is 2.44. The standard InChI is InChI=1S/C14H17N3.2ClH/c15-9-10-1-2-12-11(7-10)8-14(13(12)16)3-5-17-6-4-14;;/h1-2,7,13,17H,3-6,8,16H2;2*1H. The summed E-state index contributed by atoms with van der Waals surface area (Å²) in [6, 6.07) is 8.31. The van der Waals surface area contributed by atoms with Gasteiger partial charge in [0.2, 0.25) is 0 Å². The molecule has 0 saturated carbocycles. The molecule has 1 aliphatic carbocycles. The zero-order valence-electron chi connectivity index (χ0n) is 10.7. The molecule has 3 nitrogen and oxygen atoms in total. The molecule has 1 aromatic carbocycles. The van der Waals surface area contributed by atoms with Gasteiger partial charge in [0.1, 0.15) is 0 Å². The lowest BCUT2D eigenvalue weighted by molar-refractivity contribution is 0.174. The molecule has 1 saturated heterocycles. The van der Waals surface area contributed by atoms with Crippen molar-refractivity contribution in [3.63, 3.8) is 0 Å². The van der Waals surface area contributed by atoms with Gasteiger partial charge in [-0.3, -0.25) is 0 Å². The van der Waals surface area contributed by atoms with Crippen molar-refractivity contribution in [3.05, 3.63) is 34.9 Å². The minimum atomic E-state index is 0. The Morgan fingerprint density at radius 1 is 1.26 bits per heavy atom. The minimum Gasteiger partial charge on any atom is -0.323 e. The molecule has 5 heteroatoms. The summed E-state index contributed by atoms with van der Waals surface area (Å²) in [7, 11) is 0. The molecule has 3 N–H and O–H groups in total. The van der Waals surface area contributed by atoms with Crippen LogP contribution in [0, 0.1) is 16.7 Å². The third kappa shape index (κ3) is 2.59. The van der Waals surface area contributed by atoms with Crippen LogP contribution in [0.2, 0.25) is 0 Å². The molecular weight excluding hydrogens is 281 g/mol. The van der Waals surface area contributed by atoms with Crippen molar-refractivity contribution in [2.45, 2.75) is 25.3 Å². The molecule has 0 radical (unpaired) electrons. The van der Waals surface area contributed by atoms with Gasteiger partial charge >= 0.3 is 0 Å². The SMILES string of the molecule is Cl.Cl.N#Cc1ccc2c(c1)CC1(CCNCC1)C2N. The molecule has 1 spiro atoms. The summed E-state index contributed by atoms with van der Waals surface area (Å²) in [5.41, 5.74) is 9.97. The Labute approximate surface area is 126 Å². The largest absolute Gasteiger partial charge is 0.323 e. The van der Waals surface area contributed by atoms with E-state index in [1.807, 2.05) is 12.1 Å². The Kier molecular flexibility index (Phi) is 5.23. The summed E-state index contributed by atoms with van der Waals surface area (Å²) in [6.07, 6.45) is 3.33. The van der Waals surface area contributed by atoms with Crippen LogP contribution in [-0.2, 0) is 6.42 Å². The smallest absolute Gasteiger partial charge is 0.0991 e. The number of benzene rings is 1. The van der Waals surface area contributed by atoms with Crippen LogP contribution in [0.3, 0.4) is 0 Å². The van der Waals surface area contributed by atoms with Crippen LogP contribution in [0.15, 0.2) is 18.2 Å².